The smallest absolute Gasteiger partial charge is 0.330 e. The maximum atomic E-state index is 12.5. The molecule has 0 radical (unpaired) electrons. The largest absolute Gasteiger partial charge is 0.463 e. The summed E-state index contributed by atoms with van der Waals surface area (Å²) in [6.07, 6.45) is 3.13. The molecule has 0 aliphatic heterocycles. The number of ether oxygens (including phenoxy) is 2. The number of hydrogen-bond acceptors (Lipinski definition) is 4. The SMILES string of the molecule is CCOC(=O)/C=C/C[C@H](C(=O)OCC(Cl)(Cl)Cl)c1ccc(C(C)(C)C)cc1. The number of carbonyl (C=O) groups excluding carboxylic acids is 2. The predicted octanol–water partition coefficient (Wildman–Crippen LogP) is 5.49. The number of carbonyl (C=O) groups is 2. The van der Waals surface area contributed by atoms with Crippen LogP contribution in [0.25, 0.3) is 0 Å². The average molecular weight is 436 g/mol. The molecule has 0 bridgehead atoms. The summed E-state index contributed by atoms with van der Waals surface area (Å²) in [6, 6.07) is 7.69. The van der Waals surface area contributed by atoms with E-state index in [1.54, 1.807) is 13.0 Å². The first-order valence-corrected chi connectivity index (χ1v) is 9.74. The highest BCUT2D eigenvalue weighted by Gasteiger charge is 2.27. The molecular formula is C20H25Cl3O4. The van der Waals surface area contributed by atoms with Crippen molar-refractivity contribution in [2.45, 2.75) is 49.2 Å². The monoisotopic (exact) mass is 434 g/mol. The van der Waals surface area contributed by atoms with Crippen LogP contribution in [0, 0.1) is 0 Å². The summed E-state index contributed by atoms with van der Waals surface area (Å²) in [5.41, 5.74) is 1.89. The van der Waals surface area contributed by atoms with Crippen LogP contribution >= 0.6 is 34.8 Å². The Morgan fingerprint density at radius 1 is 1.07 bits per heavy atom. The molecule has 0 heterocycles. The normalized spacial score (nSPS) is 13.4. The fourth-order valence-corrected chi connectivity index (χ4v) is 2.49. The minimum absolute atomic E-state index is 0.00613. The molecule has 1 atom stereocenters. The van der Waals surface area contributed by atoms with Gasteiger partial charge in [-0.3, -0.25) is 4.79 Å². The van der Waals surface area contributed by atoms with E-state index >= 15 is 0 Å². The van der Waals surface area contributed by atoms with Gasteiger partial charge in [0.25, 0.3) is 0 Å². The highest BCUT2D eigenvalue weighted by atomic mass is 35.6. The predicted molar refractivity (Wildman–Crippen MR) is 110 cm³/mol. The summed E-state index contributed by atoms with van der Waals surface area (Å²) >= 11 is 17.0. The van der Waals surface area contributed by atoms with Gasteiger partial charge in [0.15, 0.2) is 0 Å². The first kappa shape index (κ1) is 23.8. The molecule has 0 amide bonds. The second kappa shape index (κ2) is 10.4. The molecule has 0 unspecified atom stereocenters. The lowest BCUT2D eigenvalue weighted by Gasteiger charge is -2.21. The molecule has 0 aliphatic carbocycles. The number of esters is 2. The molecule has 0 spiro atoms. The lowest BCUT2D eigenvalue weighted by atomic mass is 9.85. The number of alkyl halides is 3. The molecule has 1 aromatic rings. The summed E-state index contributed by atoms with van der Waals surface area (Å²) in [7, 11) is 0. The van der Waals surface area contributed by atoms with E-state index < -0.39 is 21.6 Å². The molecule has 150 valence electrons. The average Bonchev–Trinajstić information content (AvgIpc) is 2.55. The van der Waals surface area contributed by atoms with Gasteiger partial charge >= 0.3 is 11.9 Å². The fraction of sp³-hybridized carbons (Fsp3) is 0.500. The van der Waals surface area contributed by atoms with E-state index in [-0.39, 0.29) is 25.0 Å². The van der Waals surface area contributed by atoms with Gasteiger partial charge in [0.1, 0.15) is 6.61 Å². The Hall–Kier alpha value is -1.23. The second-order valence-electron chi connectivity index (χ2n) is 7.04. The van der Waals surface area contributed by atoms with E-state index in [0.29, 0.717) is 0 Å². The molecule has 0 N–H and O–H groups in total. The maximum Gasteiger partial charge on any atom is 0.330 e. The molecular weight excluding hydrogens is 411 g/mol. The third-order valence-electron chi connectivity index (χ3n) is 3.75. The minimum Gasteiger partial charge on any atom is -0.463 e. The van der Waals surface area contributed by atoms with E-state index in [2.05, 4.69) is 20.8 Å². The van der Waals surface area contributed by atoms with Crippen LogP contribution in [-0.4, -0.2) is 28.9 Å². The molecule has 0 aromatic heterocycles. The quantitative estimate of drug-likeness (QED) is 0.323. The van der Waals surface area contributed by atoms with Gasteiger partial charge in [-0.25, -0.2) is 4.79 Å². The van der Waals surface area contributed by atoms with Crippen LogP contribution in [0.15, 0.2) is 36.4 Å². The molecule has 0 saturated carbocycles. The van der Waals surface area contributed by atoms with Gasteiger partial charge in [-0.1, -0.05) is 85.9 Å². The summed E-state index contributed by atoms with van der Waals surface area (Å²) in [6.45, 7) is 7.98. The molecule has 0 saturated heterocycles. The van der Waals surface area contributed by atoms with Crippen molar-refractivity contribution in [2.75, 3.05) is 13.2 Å². The Labute approximate surface area is 175 Å². The van der Waals surface area contributed by atoms with E-state index in [0.717, 1.165) is 11.1 Å². The Morgan fingerprint density at radius 3 is 2.15 bits per heavy atom. The van der Waals surface area contributed by atoms with E-state index in [9.17, 15) is 9.59 Å². The lowest BCUT2D eigenvalue weighted by Crippen LogP contribution is -2.22. The first-order valence-electron chi connectivity index (χ1n) is 8.61. The van der Waals surface area contributed by atoms with Crippen molar-refractivity contribution >= 4 is 46.7 Å². The van der Waals surface area contributed by atoms with Crippen molar-refractivity contribution < 1.29 is 19.1 Å². The van der Waals surface area contributed by atoms with Crippen molar-refractivity contribution in [3.05, 3.63) is 47.5 Å². The number of hydrogen-bond donors (Lipinski definition) is 0. The third kappa shape index (κ3) is 9.00. The van der Waals surface area contributed by atoms with Gasteiger partial charge in [0.05, 0.1) is 12.5 Å². The van der Waals surface area contributed by atoms with Gasteiger partial charge in [-0.2, -0.15) is 0 Å². The van der Waals surface area contributed by atoms with Crippen molar-refractivity contribution in [3.63, 3.8) is 0 Å². The molecule has 1 rings (SSSR count). The van der Waals surface area contributed by atoms with Crippen LogP contribution in [0.2, 0.25) is 0 Å². The van der Waals surface area contributed by atoms with Crippen LogP contribution in [0.5, 0.6) is 0 Å². The van der Waals surface area contributed by atoms with Gasteiger partial charge in [-0.05, 0) is 29.9 Å². The van der Waals surface area contributed by atoms with E-state index in [1.807, 2.05) is 24.3 Å². The minimum atomic E-state index is -1.68. The van der Waals surface area contributed by atoms with Crippen LogP contribution < -0.4 is 0 Å². The van der Waals surface area contributed by atoms with Crippen LogP contribution in [0.3, 0.4) is 0 Å². The zero-order valence-electron chi connectivity index (χ0n) is 15.9. The van der Waals surface area contributed by atoms with Crippen LogP contribution in [0.1, 0.15) is 51.2 Å². The summed E-state index contributed by atoms with van der Waals surface area (Å²) in [5, 5.41) is 0. The topological polar surface area (TPSA) is 52.6 Å². The van der Waals surface area contributed by atoms with Gasteiger partial charge in [0, 0.05) is 6.08 Å². The number of halogens is 3. The van der Waals surface area contributed by atoms with Gasteiger partial charge in [-0.15, -0.1) is 0 Å². The summed E-state index contributed by atoms with van der Waals surface area (Å²) < 4.78 is 8.30. The van der Waals surface area contributed by atoms with E-state index in [1.165, 1.54) is 6.08 Å². The van der Waals surface area contributed by atoms with E-state index in [4.69, 9.17) is 44.3 Å². The Balaban J connectivity index is 2.99. The molecule has 7 heteroatoms. The highest BCUT2D eigenvalue weighted by Crippen LogP contribution is 2.30. The van der Waals surface area contributed by atoms with Gasteiger partial charge in [0.2, 0.25) is 3.79 Å². The Bertz CT molecular complexity index is 655. The van der Waals surface area contributed by atoms with Crippen molar-refractivity contribution in [3.8, 4) is 0 Å². The summed E-state index contributed by atoms with van der Waals surface area (Å²) in [5.74, 6) is -1.62. The number of rotatable bonds is 7. The Morgan fingerprint density at radius 2 is 1.67 bits per heavy atom. The summed E-state index contributed by atoms with van der Waals surface area (Å²) in [4.78, 5) is 24.0. The first-order chi connectivity index (χ1) is 12.4. The number of allylic oxidation sites excluding steroid dienone is 1. The van der Waals surface area contributed by atoms with Crippen LogP contribution in [-0.2, 0) is 24.5 Å². The number of benzene rings is 1. The van der Waals surface area contributed by atoms with Crippen molar-refractivity contribution in [1.29, 1.82) is 0 Å². The van der Waals surface area contributed by atoms with Crippen LogP contribution in [0.4, 0.5) is 0 Å². The molecule has 0 fully saturated rings. The van der Waals surface area contributed by atoms with Crippen molar-refractivity contribution in [2.24, 2.45) is 0 Å². The second-order valence-corrected chi connectivity index (χ2v) is 9.55. The molecule has 27 heavy (non-hydrogen) atoms. The third-order valence-corrected chi connectivity index (χ3v) is 4.08. The zero-order valence-corrected chi connectivity index (χ0v) is 18.2. The molecule has 0 aliphatic rings. The maximum absolute atomic E-state index is 12.5. The van der Waals surface area contributed by atoms with Crippen molar-refractivity contribution in [1.82, 2.24) is 0 Å². The van der Waals surface area contributed by atoms with Gasteiger partial charge < -0.3 is 9.47 Å². The fourth-order valence-electron chi connectivity index (χ4n) is 2.33. The highest BCUT2D eigenvalue weighted by molar-refractivity contribution is 6.67. The Kier molecular flexibility index (Phi) is 9.13. The lowest BCUT2D eigenvalue weighted by molar-refractivity contribution is -0.145. The molecule has 1 aromatic carbocycles. The standard InChI is InChI=1S/C20H25Cl3O4/c1-5-26-17(24)8-6-7-16(18(25)27-13-20(21,22)23)14-9-11-15(12-10-14)19(2,3)4/h6,8-12,16H,5,7,13H2,1-4H3/b8-6+/t16-/m0/s1. The zero-order chi connectivity index (χ0) is 20.7. The molecule has 4 nitrogen and oxygen atoms in total.